The summed E-state index contributed by atoms with van der Waals surface area (Å²) < 4.78 is 0. The molecule has 0 aliphatic carbocycles. The van der Waals surface area contributed by atoms with Gasteiger partial charge in [-0.3, -0.25) is 4.98 Å². The standard InChI is InChI=1S/C14H19N3O/c1-9(7-10(2)18)17-14-4-3-13(15)11-5-6-16-8-12(11)14/h3-6,8-10,17-18H,7,15H2,1-2H3. The number of nitrogen functional groups attached to an aromatic ring is 1. The Labute approximate surface area is 107 Å². The van der Waals surface area contributed by atoms with Crippen LogP contribution in [0.3, 0.4) is 0 Å². The van der Waals surface area contributed by atoms with Crippen molar-refractivity contribution >= 4 is 22.1 Å². The summed E-state index contributed by atoms with van der Waals surface area (Å²) in [6, 6.07) is 5.95. The fraction of sp³-hybridized carbons (Fsp3) is 0.357. The molecule has 96 valence electrons. The molecule has 1 heterocycles. The summed E-state index contributed by atoms with van der Waals surface area (Å²) in [5.74, 6) is 0. The number of anilines is 2. The SMILES string of the molecule is CC(O)CC(C)Nc1ccc(N)c2ccncc12. The van der Waals surface area contributed by atoms with Gasteiger partial charge in [-0.2, -0.15) is 0 Å². The summed E-state index contributed by atoms with van der Waals surface area (Å²) >= 11 is 0. The Morgan fingerprint density at radius 2 is 2.06 bits per heavy atom. The molecule has 1 aromatic carbocycles. The van der Waals surface area contributed by atoms with Crippen LogP contribution in [-0.2, 0) is 0 Å². The van der Waals surface area contributed by atoms with Gasteiger partial charge in [0, 0.05) is 40.6 Å². The van der Waals surface area contributed by atoms with E-state index in [4.69, 9.17) is 5.73 Å². The molecule has 2 rings (SSSR count). The van der Waals surface area contributed by atoms with Gasteiger partial charge in [0.1, 0.15) is 0 Å². The van der Waals surface area contributed by atoms with Crippen molar-refractivity contribution in [3.8, 4) is 0 Å². The lowest BCUT2D eigenvalue weighted by Gasteiger charge is -2.18. The topological polar surface area (TPSA) is 71.2 Å². The van der Waals surface area contributed by atoms with Crippen LogP contribution in [0.5, 0.6) is 0 Å². The number of nitrogens with one attached hydrogen (secondary N) is 1. The Morgan fingerprint density at radius 3 is 2.78 bits per heavy atom. The molecule has 0 aliphatic rings. The Morgan fingerprint density at radius 1 is 1.28 bits per heavy atom. The number of hydrogen-bond donors (Lipinski definition) is 3. The average molecular weight is 245 g/mol. The van der Waals surface area contributed by atoms with Crippen molar-refractivity contribution in [2.45, 2.75) is 32.4 Å². The van der Waals surface area contributed by atoms with Crippen LogP contribution in [0.1, 0.15) is 20.3 Å². The van der Waals surface area contributed by atoms with Gasteiger partial charge >= 0.3 is 0 Å². The first-order valence-corrected chi connectivity index (χ1v) is 6.14. The molecular formula is C14H19N3O. The van der Waals surface area contributed by atoms with Crippen LogP contribution in [-0.4, -0.2) is 22.2 Å². The molecule has 0 radical (unpaired) electrons. The van der Waals surface area contributed by atoms with Crippen LogP contribution < -0.4 is 11.1 Å². The van der Waals surface area contributed by atoms with Crippen LogP contribution >= 0.6 is 0 Å². The zero-order chi connectivity index (χ0) is 13.1. The van der Waals surface area contributed by atoms with E-state index in [1.807, 2.05) is 31.3 Å². The van der Waals surface area contributed by atoms with E-state index in [9.17, 15) is 5.11 Å². The van der Waals surface area contributed by atoms with Crippen LogP contribution in [0.25, 0.3) is 10.8 Å². The molecule has 4 nitrogen and oxygen atoms in total. The molecule has 2 atom stereocenters. The van der Waals surface area contributed by atoms with E-state index in [2.05, 4.69) is 10.3 Å². The first-order chi connectivity index (χ1) is 8.58. The van der Waals surface area contributed by atoms with Crippen molar-refractivity contribution in [2.75, 3.05) is 11.1 Å². The highest BCUT2D eigenvalue weighted by Gasteiger charge is 2.09. The van der Waals surface area contributed by atoms with Crippen molar-refractivity contribution in [2.24, 2.45) is 0 Å². The molecule has 18 heavy (non-hydrogen) atoms. The number of nitrogens with two attached hydrogens (primary N) is 1. The predicted octanol–water partition coefficient (Wildman–Crippen LogP) is 2.39. The summed E-state index contributed by atoms with van der Waals surface area (Å²) in [4.78, 5) is 4.14. The van der Waals surface area contributed by atoms with Gasteiger partial charge in [0.25, 0.3) is 0 Å². The van der Waals surface area contributed by atoms with Gasteiger partial charge in [-0.25, -0.2) is 0 Å². The monoisotopic (exact) mass is 245 g/mol. The number of benzene rings is 1. The number of hydrogen-bond acceptors (Lipinski definition) is 4. The fourth-order valence-corrected chi connectivity index (χ4v) is 2.18. The molecule has 0 saturated heterocycles. The number of rotatable bonds is 4. The summed E-state index contributed by atoms with van der Waals surface area (Å²) in [6.45, 7) is 3.84. The van der Waals surface area contributed by atoms with E-state index in [1.165, 1.54) is 0 Å². The fourth-order valence-electron chi connectivity index (χ4n) is 2.18. The lowest BCUT2D eigenvalue weighted by atomic mass is 10.1. The highest BCUT2D eigenvalue weighted by atomic mass is 16.3. The summed E-state index contributed by atoms with van der Waals surface area (Å²) in [5, 5.41) is 14.8. The minimum atomic E-state index is -0.314. The lowest BCUT2D eigenvalue weighted by molar-refractivity contribution is 0.179. The van der Waals surface area contributed by atoms with Gasteiger partial charge in [0.05, 0.1) is 6.10 Å². The lowest BCUT2D eigenvalue weighted by Crippen LogP contribution is -2.20. The number of fused-ring (bicyclic) bond motifs is 1. The quantitative estimate of drug-likeness (QED) is 0.723. The number of aliphatic hydroxyl groups excluding tert-OH is 1. The average Bonchev–Trinajstić information content (AvgIpc) is 2.32. The molecular weight excluding hydrogens is 226 g/mol. The second-order valence-corrected chi connectivity index (χ2v) is 4.75. The molecule has 2 unspecified atom stereocenters. The van der Waals surface area contributed by atoms with Crippen LogP contribution in [0.4, 0.5) is 11.4 Å². The van der Waals surface area contributed by atoms with Gasteiger partial charge in [0.2, 0.25) is 0 Å². The molecule has 0 aliphatic heterocycles. The van der Waals surface area contributed by atoms with Crippen molar-refractivity contribution in [1.29, 1.82) is 0 Å². The van der Waals surface area contributed by atoms with E-state index in [-0.39, 0.29) is 12.1 Å². The van der Waals surface area contributed by atoms with E-state index < -0.39 is 0 Å². The highest BCUT2D eigenvalue weighted by Crippen LogP contribution is 2.28. The maximum atomic E-state index is 9.39. The van der Waals surface area contributed by atoms with Crippen molar-refractivity contribution in [1.82, 2.24) is 4.98 Å². The van der Waals surface area contributed by atoms with E-state index in [0.717, 1.165) is 22.1 Å². The molecule has 4 heteroatoms. The van der Waals surface area contributed by atoms with Gasteiger partial charge < -0.3 is 16.2 Å². The molecule has 0 fully saturated rings. The third kappa shape index (κ3) is 2.71. The Kier molecular flexibility index (Phi) is 3.67. The molecule has 2 aromatic rings. The second-order valence-electron chi connectivity index (χ2n) is 4.75. The number of pyridine rings is 1. The van der Waals surface area contributed by atoms with Gasteiger partial charge in [-0.1, -0.05) is 0 Å². The number of aromatic nitrogens is 1. The van der Waals surface area contributed by atoms with Crippen molar-refractivity contribution in [3.05, 3.63) is 30.6 Å². The largest absolute Gasteiger partial charge is 0.398 e. The molecule has 0 amide bonds. The second kappa shape index (κ2) is 5.23. The first-order valence-electron chi connectivity index (χ1n) is 6.14. The number of aliphatic hydroxyl groups is 1. The van der Waals surface area contributed by atoms with Crippen molar-refractivity contribution < 1.29 is 5.11 Å². The molecule has 0 bridgehead atoms. The Bertz CT molecular complexity index is 540. The zero-order valence-corrected chi connectivity index (χ0v) is 10.7. The van der Waals surface area contributed by atoms with E-state index >= 15 is 0 Å². The molecule has 0 spiro atoms. The van der Waals surface area contributed by atoms with Crippen molar-refractivity contribution in [3.63, 3.8) is 0 Å². The zero-order valence-electron chi connectivity index (χ0n) is 10.7. The highest BCUT2D eigenvalue weighted by molar-refractivity contribution is 6.00. The maximum Gasteiger partial charge on any atom is 0.0531 e. The first kappa shape index (κ1) is 12.6. The predicted molar refractivity (Wildman–Crippen MR) is 75.5 cm³/mol. The maximum absolute atomic E-state index is 9.39. The van der Waals surface area contributed by atoms with E-state index in [0.29, 0.717) is 6.42 Å². The summed E-state index contributed by atoms with van der Waals surface area (Å²) in [7, 11) is 0. The normalized spacial score (nSPS) is 14.4. The summed E-state index contributed by atoms with van der Waals surface area (Å²) in [6.07, 6.45) is 3.93. The third-order valence-corrected chi connectivity index (χ3v) is 2.95. The van der Waals surface area contributed by atoms with Gasteiger partial charge in [-0.15, -0.1) is 0 Å². The molecule has 1 aromatic heterocycles. The van der Waals surface area contributed by atoms with Crippen LogP contribution in [0.15, 0.2) is 30.6 Å². The number of nitrogens with zero attached hydrogens (tertiary/aromatic N) is 1. The smallest absolute Gasteiger partial charge is 0.0531 e. The third-order valence-electron chi connectivity index (χ3n) is 2.95. The molecule has 0 saturated carbocycles. The Hall–Kier alpha value is -1.81. The van der Waals surface area contributed by atoms with Gasteiger partial charge in [0.15, 0.2) is 0 Å². The minimum Gasteiger partial charge on any atom is -0.398 e. The Balaban J connectivity index is 2.31. The molecule has 4 N–H and O–H groups in total. The van der Waals surface area contributed by atoms with E-state index in [1.54, 1.807) is 13.1 Å². The van der Waals surface area contributed by atoms with Gasteiger partial charge in [-0.05, 0) is 38.5 Å². The van der Waals surface area contributed by atoms with Crippen LogP contribution in [0, 0.1) is 0 Å². The minimum absolute atomic E-state index is 0.192. The van der Waals surface area contributed by atoms with Crippen LogP contribution in [0.2, 0.25) is 0 Å². The summed E-state index contributed by atoms with van der Waals surface area (Å²) in [5.41, 5.74) is 7.69.